The monoisotopic (exact) mass is 145 g/mol. The van der Waals surface area contributed by atoms with Crippen molar-refractivity contribution in [2.75, 3.05) is 0 Å². The molecule has 1 nitrogen and oxygen atoms in total. The predicted octanol–water partition coefficient (Wildman–Crippen LogP) is 1.39. The van der Waals surface area contributed by atoms with E-state index in [9.17, 15) is 0 Å². The molecule has 1 N–H and O–H groups in total. The summed E-state index contributed by atoms with van der Waals surface area (Å²) in [4.78, 5) is 0. The molecule has 1 aliphatic rings. The van der Waals surface area contributed by atoms with Gasteiger partial charge in [0.1, 0.15) is 0 Å². The third kappa shape index (κ3) is 2.23. The summed E-state index contributed by atoms with van der Waals surface area (Å²) in [6.07, 6.45) is 2.63. The maximum atomic E-state index is 3.50. The van der Waals surface area contributed by atoms with Gasteiger partial charge in [-0.2, -0.15) is 0 Å². The highest BCUT2D eigenvalue weighted by Crippen LogP contribution is 2.19. The lowest BCUT2D eigenvalue weighted by atomic mass is 10.0. The summed E-state index contributed by atoms with van der Waals surface area (Å²) in [7, 11) is 2.91. The standard InChI is InChI=1S/C7H16NP/c1-5-3-7(9)4-6(2)8-5/h5-8H,3-4,9H2,1-2H3. The molecule has 3 atom stereocenters. The Morgan fingerprint density at radius 1 is 1.22 bits per heavy atom. The van der Waals surface area contributed by atoms with Crippen molar-refractivity contribution in [1.82, 2.24) is 5.32 Å². The molecule has 1 fully saturated rings. The predicted molar refractivity (Wildman–Crippen MR) is 44.8 cm³/mol. The molecule has 0 aromatic carbocycles. The lowest BCUT2D eigenvalue weighted by molar-refractivity contribution is 0.360. The van der Waals surface area contributed by atoms with E-state index in [1.54, 1.807) is 0 Å². The molecule has 1 saturated heterocycles. The van der Waals surface area contributed by atoms with E-state index in [1.807, 2.05) is 0 Å². The molecule has 9 heavy (non-hydrogen) atoms. The van der Waals surface area contributed by atoms with Crippen LogP contribution in [0, 0.1) is 0 Å². The highest BCUT2D eigenvalue weighted by atomic mass is 31.0. The minimum Gasteiger partial charge on any atom is -0.312 e. The van der Waals surface area contributed by atoms with Gasteiger partial charge >= 0.3 is 0 Å². The van der Waals surface area contributed by atoms with Crippen LogP contribution in [0.3, 0.4) is 0 Å². The third-order valence-electron chi connectivity index (χ3n) is 1.88. The van der Waals surface area contributed by atoms with Gasteiger partial charge in [0, 0.05) is 12.1 Å². The lowest BCUT2D eigenvalue weighted by Crippen LogP contribution is -2.42. The number of hydrogen-bond acceptors (Lipinski definition) is 1. The van der Waals surface area contributed by atoms with Gasteiger partial charge in [-0.25, -0.2) is 0 Å². The number of piperidine rings is 1. The van der Waals surface area contributed by atoms with Gasteiger partial charge in [0.05, 0.1) is 0 Å². The van der Waals surface area contributed by atoms with Gasteiger partial charge < -0.3 is 5.32 Å². The maximum Gasteiger partial charge on any atom is 0.00470 e. The minimum atomic E-state index is 0.719. The Morgan fingerprint density at radius 3 is 2.00 bits per heavy atom. The fourth-order valence-corrected chi connectivity index (χ4v) is 2.44. The van der Waals surface area contributed by atoms with Gasteiger partial charge in [-0.3, -0.25) is 0 Å². The largest absolute Gasteiger partial charge is 0.312 e. The maximum absolute atomic E-state index is 3.50. The van der Waals surface area contributed by atoms with E-state index in [1.165, 1.54) is 12.8 Å². The Kier molecular flexibility index (Phi) is 2.49. The Morgan fingerprint density at radius 2 is 1.67 bits per heavy atom. The zero-order valence-corrected chi connectivity index (χ0v) is 7.38. The first kappa shape index (κ1) is 7.50. The SMILES string of the molecule is CC1CC(P)CC(C)N1. The lowest BCUT2D eigenvalue weighted by Gasteiger charge is -2.30. The third-order valence-corrected chi connectivity index (χ3v) is 2.43. The molecular formula is C7H16NP. The fraction of sp³-hybridized carbons (Fsp3) is 1.00. The normalized spacial score (nSPS) is 45.0. The molecule has 0 saturated carbocycles. The van der Waals surface area contributed by atoms with Crippen molar-refractivity contribution in [2.24, 2.45) is 0 Å². The summed E-state index contributed by atoms with van der Waals surface area (Å²) >= 11 is 0. The average Bonchev–Trinajstić information content (AvgIpc) is 1.59. The number of nitrogens with one attached hydrogen (secondary N) is 1. The van der Waals surface area contributed by atoms with Crippen LogP contribution in [0.25, 0.3) is 0 Å². The smallest absolute Gasteiger partial charge is 0.00470 e. The molecule has 54 valence electrons. The molecule has 2 heteroatoms. The first-order valence-corrected chi connectivity index (χ1v) is 4.37. The molecule has 0 radical (unpaired) electrons. The van der Waals surface area contributed by atoms with Gasteiger partial charge in [-0.15, -0.1) is 9.24 Å². The Hall–Kier alpha value is 0.390. The van der Waals surface area contributed by atoms with E-state index in [2.05, 4.69) is 28.4 Å². The molecule has 0 spiro atoms. The molecule has 1 rings (SSSR count). The Bertz CT molecular complexity index is 69.9. The van der Waals surface area contributed by atoms with E-state index in [-0.39, 0.29) is 0 Å². The van der Waals surface area contributed by atoms with Crippen LogP contribution >= 0.6 is 9.24 Å². The topological polar surface area (TPSA) is 12.0 Å². The second kappa shape index (κ2) is 2.98. The molecule has 1 heterocycles. The van der Waals surface area contributed by atoms with Gasteiger partial charge in [0.25, 0.3) is 0 Å². The molecule has 0 aliphatic carbocycles. The molecule has 0 aromatic heterocycles. The second-order valence-electron chi connectivity index (χ2n) is 3.20. The number of rotatable bonds is 0. The summed E-state index contributed by atoms with van der Waals surface area (Å²) in [6, 6.07) is 1.44. The summed E-state index contributed by atoms with van der Waals surface area (Å²) in [5.74, 6) is 0. The quantitative estimate of drug-likeness (QED) is 0.508. The Balaban J connectivity index is 2.34. The summed E-state index contributed by atoms with van der Waals surface area (Å²) in [6.45, 7) is 4.51. The molecule has 3 unspecified atom stereocenters. The molecule has 0 bridgehead atoms. The van der Waals surface area contributed by atoms with E-state index in [4.69, 9.17) is 0 Å². The summed E-state index contributed by atoms with van der Waals surface area (Å²) in [5.41, 5.74) is 0.844. The van der Waals surface area contributed by atoms with Crippen molar-refractivity contribution >= 4 is 9.24 Å². The van der Waals surface area contributed by atoms with E-state index >= 15 is 0 Å². The first-order valence-electron chi connectivity index (χ1n) is 3.70. The highest BCUT2D eigenvalue weighted by Gasteiger charge is 2.18. The molecule has 0 aromatic rings. The molecule has 1 aliphatic heterocycles. The Labute approximate surface area is 59.8 Å². The van der Waals surface area contributed by atoms with Crippen molar-refractivity contribution in [2.45, 2.75) is 44.4 Å². The van der Waals surface area contributed by atoms with Crippen molar-refractivity contribution in [3.8, 4) is 0 Å². The van der Waals surface area contributed by atoms with Crippen molar-refractivity contribution in [3.63, 3.8) is 0 Å². The van der Waals surface area contributed by atoms with Crippen LogP contribution in [0.15, 0.2) is 0 Å². The van der Waals surface area contributed by atoms with Gasteiger partial charge in [0.2, 0.25) is 0 Å². The zero-order chi connectivity index (χ0) is 6.85. The molecular weight excluding hydrogens is 129 g/mol. The number of hydrogen-bond donors (Lipinski definition) is 1. The van der Waals surface area contributed by atoms with Crippen molar-refractivity contribution in [1.29, 1.82) is 0 Å². The fourth-order valence-electron chi connectivity index (χ4n) is 1.63. The van der Waals surface area contributed by atoms with Gasteiger partial charge in [0.15, 0.2) is 0 Å². The van der Waals surface area contributed by atoms with Crippen LogP contribution in [0.1, 0.15) is 26.7 Å². The summed E-state index contributed by atoms with van der Waals surface area (Å²) < 4.78 is 0. The van der Waals surface area contributed by atoms with Crippen LogP contribution < -0.4 is 5.32 Å². The van der Waals surface area contributed by atoms with Gasteiger partial charge in [-0.1, -0.05) is 0 Å². The second-order valence-corrected chi connectivity index (χ2v) is 4.14. The van der Waals surface area contributed by atoms with E-state index < -0.39 is 0 Å². The van der Waals surface area contributed by atoms with Crippen molar-refractivity contribution in [3.05, 3.63) is 0 Å². The van der Waals surface area contributed by atoms with E-state index in [0.29, 0.717) is 0 Å². The van der Waals surface area contributed by atoms with Crippen LogP contribution in [-0.2, 0) is 0 Å². The van der Waals surface area contributed by atoms with Crippen LogP contribution in [0.4, 0.5) is 0 Å². The van der Waals surface area contributed by atoms with Crippen molar-refractivity contribution < 1.29 is 0 Å². The van der Waals surface area contributed by atoms with Gasteiger partial charge in [-0.05, 0) is 32.3 Å². The highest BCUT2D eigenvalue weighted by molar-refractivity contribution is 7.17. The van der Waals surface area contributed by atoms with Crippen LogP contribution in [-0.4, -0.2) is 17.7 Å². The zero-order valence-electron chi connectivity index (χ0n) is 6.22. The first-order chi connectivity index (χ1) is 4.18. The average molecular weight is 145 g/mol. The summed E-state index contributed by atoms with van der Waals surface area (Å²) in [5, 5.41) is 3.50. The minimum absolute atomic E-state index is 0.719. The van der Waals surface area contributed by atoms with Crippen LogP contribution in [0.2, 0.25) is 0 Å². The van der Waals surface area contributed by atoms with E-state index in [0.717, 1.165) is 17.7 Å². The van der Waals surface area contributed by atoms with Crippen LogP contribution in [0.5, 0.6) is 0 Å². The molecule has 0 amide bonds.